The van der Waals surface area contributed by atoms with Crippen molar-refractivity contribution in [3.63, 3.8) is 0 Å². The van der Waals surface area contributed by atoms with E-state index in [2.05, 4.69) is 4.98 Å². The van der Waals surface area contributed by atoms with Crippen molar-refractivity contribution in [2.24, 2.45) is 0 Å². The Labute approximate surface area is 154 Å². The number of rotatable bonds is 6. The first-order chi connectivity index (χ1) is 11.9. The third kappa shape index (κ3) is 5.41. The number of halogens is 3. The molecule has 0 aliphatic carbocycles. The molecule has 1 aromatic carbocycles. The standard InChI is InChI=1S/C17H15Cl2FN2O3/c1-2-22(9-11-4-3-5-13(20)6-11)15(23)10-25-17(24)12-7-14(18)16(19)21-8-12/h3-8H,2,9-10H2,1H3. The van der Waals surface area contributed by atoms with E-state index < -0.39 is 18.5 Å². The zero-order valence-corrected chi connectivity index (χ0v) is 14.9. The first kappa shape index (κ1) is 19.1. The lowest BCUT2D eigenvalue weighted by atomic mass is 10.2. The van der Waals surface area contributed by atoms with Crippen LogP contribution in [0.25, 0.3) is 0 Å². The average Bonchev–Trinajstić information content (AvgIpc) is 2.59. The molecular formula is C17H15Cl2FN2O3. The molecule has 1 amide bonds. The normalized spacial score (nSPS) is 10.4. The Balaban J connectivity index is 1.95. The van der Waals surface area contributed by atoms with Crippen LogP contribution < -0.4 is 0 Å². The van der Waals surface area contributed by atoms with Crippen molar-refractivity contribution < 1.29 is 18.7 Å². The number of benzene rings is 1. The number of esters is 1. The van der Waals surface area contributed by atoms with Gasteiger partial charge in [-0.3, -0.25) is 4.79 Å². The van der Waals surface area contributed by atoms with Crippen molar-refractivity contribution in [2.45, 2.75) is 13.5 Å². The molecule has 2 rings (SSSR count). The van der Waals surface area contributed by atoms with Gasteiger partial charge in [-0.05, 0) is 30.7 Å². The van der Waals surface area contributed by atoms with Gasteiger partial charge in [0.2, 0.25) is 0 Å². The monoisotopic (exact) mass is 384 g/mol. The maximum atomic E-state index is 13.2. The summed E-state index contributed by atoms with van der Waals surface area (Å²) in [5.74, 6) is -1.51. The molecule has 0 N–H and O–H groups in total. The summed E-state index contributed by atoms with van der Waals surface area (Å²) in [6.45, 7) is 1.95. The first-order valence-electron chi connectivity index (χ1n) is 7.41. The van der Waals surface area contributed by atoms with E-state index in [0.29, 0.717) is 12.1 Å². The number of likely N-dealkylation sites (N-methyl/N-ethyl adjacent to an activating group) is 1. The second-order valence-corrected chi connectivity index (χ2v) is 5.88. The molecule has 1 aromatic heterocycles. The van der Waals surface area contributed by atoms with E-state index in [1.165, 1.54) is 29.3 Å². The van der Waals surface area contributed by atoms with Gasteiger partial charge in [0, 0.05) is 19.3 Å². The molecule has 0 aliphatic heterocycles. The van der Waals surface area contributed by atoms with Crippen LogP contribution in [0.1, 0.15) is 22.8 Å². The molecule has 0 atom stereocenters. The average molecular weight is 385 g/mol. The fourth-order valence-corrected chi connectivity index (χ4v) is 2.34. The van der Waals surface area contributed by atoms with Crippen molar-refractivity contribution in [3.05, 3.63) is 63.6 Å². The number of carbonyl (C=O) groups is 2. The number of nitrogens with zero attached hydrogens (tertiary/aromatic N) is 2. The minimum atomic E-state index is -0.735. The minimum absolute atomic E-state index is 0.0709. The second kappa shape index (κ2) is 8.78. The SMILES string of the molecule is CCN(Cc1cccc(F)c1)C(=O)COC(=O)c1cnc(Cl)c(Cl)c1. The third-order valence-corrected chi connectivity index (χ3v) is 4.04. The van der Waals surface area contributed by atoms with Gasteiger partial charge in [0.15, 0.2) is 6.61 Å². The van der Waals surface area contributed by atoms with Gasteiger partial charge in [-0.1, -0.05) is 35.3 Å². The highest BCUT2D eigenvalue weighted by molar-refractivity contribution is 6.41. The van der Waals surface area contributed by atoms with E-state index in [1.807, 2.05) is 0 Å². The number of hydrogen-bond acceptors (Lipinski definition) is 4. The van der Waals surface area contributed by atoms with Gasteiger partial charge < -0.3 is 9.64 Å². The number of aromatic nitrogens is 1. The summed E-state index contributed by atoms with van der Waals surface area (Å²) >= 11 is 11.5. The molecule has 0 unspecified atom stereocenters. The van der Waals surface area contributed by atoms with Crippen molar-refractivity contribution in [1.29, 1.82) is 0 Å². The van der Waals surface area contributed by atoms with Gasteiger partial charge in [0.1, 0.15) is 11.0 Å². The molecule has 5 nitrogen and oxygen atoms in total. The maximum absolute atomic E-state index is 13.2. The van der Waals surface area contributed by atoms with Crippen LogP contribution in [0, 0.1) is 5.82 Å². The lowest BCUT2D eigenvalue weighted by Crippen LogP contribution is -2.34. The number of amides is 1. The van der Waals surface area contributed by atoms with Gasteiger partial charge in [0.25, 0.3) is 5.91 Å². The number of hydrogen-bond donors (Lipinski definition) is 0. The van der Waals surface area contributed by atoms with Crippen LogP contribution in [0.15, 0.2) is 36.5 Å². The summed E-state index contributed by atoms with van der Waals surface area (Å²) in [5.41, 5.74) is 0.741. The molecule has 2 aromatic rings. The fraction of sp³-hybridized carbons (Fsp3) is 0.235. The van der Waals surface area contributed by atoms with E-state index in [9.17, 15) is 14.0 Å². The van der Waals surface area contributed by atoms with Crippen LogP contribution in [0.2, 0.25) is 10.2 Å². The van der Waals surface area contributed by atoms with Gasteiger partial charge in [-0.15, -0.1) is 0 Å². The molecule has 0 spiro atoms. The van der Waals surface area contributed by atoms with Crippen molar-refractivity contribution in [1.82, 2.24) is 9.88 Å². The van der Waals surface area contributed by atoms with Crippen molar-refractivity contribution in [3.8, 4) is 0 Å². The van der Waals surface area contributed by atoms with E-state index in [1.54, 1.807) is 19.1 Å². The number of pyridine rings is 1. The van der Waals surface area contributed by atoms with Gasteiger partial charge in [0.05, 0.1) is 10.6 Å². The molecule has 0 bridgehead atoms. The molecule has 8 heteroatoms. The molecule has 0 fully saturated rings. The van der Waals surface area contributed by atoms with Crippen molar-refractivity contribution >= 4 is 35.1 Å². The van der Waals surface area contributed by atoms with Crippen LogP contribution in [0.4, 0.5) is 4.39 Å². The molecule has 0 radical (unpaired) electrons. The highest BCUT2D eigenvalue weighted by Gasteiger charge is 2.17. The summed E-state index contributed by atoms with van der Waals surface area (Å²) in [5, 5.41) is 0.185. The number of ether oxygens (including phenoxy) is 1. The smallest absolute Gasteiger partial charge is 0.340 e. The molecule has 0 saturated heterocycles. The largest absolute Gasteiger partial charge is 0.452 e. The summed E-state index contributed by atoms with van der Waals surface area (Å²) in [4.78, 5) is 29.4. The lowest BCUT2D eigenvalue weighted by Gasteiger charge is -2.21. The van der Waals surface area contributed by atoms with Crippen LogP contribution in [-0.2, 0) is 16.1 Å². The third-order valence-electron chi connectivity index (χ3n) is 3.36. The van der Waals surface area contributed by atoms with Crippen LogP contribution in [-0.4, -0.2) is 34.9 Å². The molecule has 0 saturated carbocycles. The van der Waals surface area contributed by atoms with Gasteiger partial charge >= 0.3 is 5.97 Å². The Morgan fingerprint density at radius 3 is 2.68 bits per heavy atom. The Hall–Kier alpha value is -2.18. The zero-order chi connectivity index (χ0) is 18.4. The van der Waals surface area contributed by atoms with Crippen LogP contribution in [0.3, 0.4) is 0 Å². The fourth-order valence-electron chi connectivity index (χ4n) is 2.07. The predicted molar refractivity (Wildman–Crippen MR) is 92.0 cm³/mol. The maximum Gasteiger partial charge on any atom is 0.340 e. The van der Waals surface area contributed by atoms with E-state index in [4.69, 9.17) is 27.9 Å². The Morgan fingerprint density at radius 2 is 2.04 bits per heavy atom. The quantitative estimate of drug-likeness (QED) is 0.562. The molecule has 132 valence electrons. The van der Waals surface area contributed by atoms with Crippen molar-refractivity contribution in [2.75, 3.05) is 13.2 Å². The molecule has 1 heterocycles. The van der Waals surface area contributed by atoms with E-state index in [0.717, 1.165) is 0 Å². The zero-order valence-electron chi connectivity index (χ0n) is 13.3. The second-order valence-electron chi connectivity index (χ2n) is 5.11. The number of carbonyl (C=O) groups excluding carboxylic acids is 2. The lowest BCUT2D eigenvalue weighted by molar-refractivity contribution is -0.134. The molecule has 0 aliphatic rings. The Bertz CT molecular complexity index is 786. The van der Waals surface area contributed by atoms with Crippen LogP contribution in [0.5, 0.6) is 0 Å². The molecule has 25 heavy (non-hydrogen) atoms. The van der Waals surface area contributed by atoms with E-state index in [-0.39, 0.29) is 28.1 Å². The topological polar surface area (TPSA) is 59.5 Å². The molecular weight excluding hydrogens is 370 g/mol. The van der Waals surface area contributed by atoms with Crippen LogP contribution >= 0.6 is 23.2 Å². The van der Waals surface area contributed by atoms with E-state index >= 15 is 0 Å². The van der Waals surface area contributed by atoms with Gasteiger partial charge in [-0.2, -0.15) is 0 Å². The highest BCUT2D eigenvalue weighted by Crippen LogP contribution is 2.20. The Morgan fingerprint density at radius 1 is 1.28 bits per heavy atom. The minimum Gasteiger partial charge on any atom is -0.452 e. The summed E-state index contributed by atoms with van der Waals surface area (Å²) in [6.07, 6.45) is 1.21. The summed E-state index contributed by atoms with van der Waals surface area (Å²) in [6, 6.07) is 7.28. The first-order valence-corrected chi connectivity index (χ1v) is 8.16. The predicted octanol–water partition coefficient (Wildman–Crippen LogP) is 3.73. The summed E-state index contributed by atoms with van der Waals surface area (Å²) in [7, 11) is 0. The highest BCUT2D eigenvalue weighted by atomic mass is 35.5. The summed E-state index contributed by atoms with van der Waals surface area (Å²) < 4.78 is 18.2. The Kier molecular flexibility index (Phi) is 6.73. The van der Waals surface area contributed by atoms with Gasteiger partial charge in [-0.25, -0.2) is 14.2 Å².